The van der Waals surface area contributed by atoms with Crippen LogP contribution in [0.5, 0.6) is 0 Å². The van der Waals surface area contributed by atoms with Crippen LogP contribution in [0.2, 0.25) is 18.1 Å². The second-order valence-corrected chi connectivity index (χ2v) is 13.3. The van der Waals surface area contributed by atoms with Crippen LogP contribution < -0.4 is 0 Å². The Morgan fingerprint density at radius 3 is 2.41 bits per heavy atom. The average molecular weight is 394 g/mol. The van der Waals surface area contributed by atoms with Crippen LogP contribution in [0.15, 0.2) is 30.3 Å². The van der Waals surface area contributed by atoms with Gasteiger partial charge in [-0.25, -0.2) is 9.59 Å². The molecule has 0 bridgehead atoms. The number of carboxylic acids is 1. The van der Waals surface area contributed by atoms with Crippen molar-refractivity contribution in [2.45, 2.75) is 70.5 Å². The second kappa shape index (κ2) is 8.44. The van der Waals surface area contributed by atoms with Crippen molar-refractivity contribution in [1.82, 2.24) is 4.90 Å². The topological polar surface area (TPSA) is 76.1 Å². The van der Waals surface area contributed by atoms with E-state index in [0.29, 0.717) is 19.4 Å². The third-order valence-electron chi connectivity index (χ3n) is 5.52. The van der Waals surface area contributed by atoms with E-state index in [2.05, 4.69) is 33.9 Å². The first-order chi connectivity index (χ1) is 12.5. The molecule has 0 aromatic heterocycles. The summed E-state index contributed by atoms with van der Waals surface area (Å²) < 4.78 is 11.7. The predicted molar refractivity (Wildman–Crippen MR) is 106 cm³/mol. The molecule has 1 amide bonds. The van der Waals surface area contributed by atoms with E-state index in [1.165, 1.54) is 4.90 Å². The van der Waals surface area contributed by atoms with Gasteiger partial charge in [0.1, 0.15) is 6.61 Å². The molecule has 1 aliphatic heterocycles. The maximum Gasteiger partial charge on any atom is 0.410 e. The van der Waals surface area contributed by atoms with Crippen LogP contribution >= 0.6 is 0 Å². The summed E-state index contributed by atoms with van der Waals surface area (Å²) >= 11 is 0. The van der Waals surface area contributed by atoms with Gasteiger partial charge >= 0.3 is 12.1 Å². The lowest BCUT2D eigenvalue weighted by Gasteiger charge is -2.44. The summed E-state index contributed by atoms with van der Waals surface area (Å²) in [6.45, 7) is 11.0. The standard InChI is InChI=1S/C20H31NO5Si/c1-20(2,3)27(4,5)26-16-12-9-13-21(17(16)18(22)23)19(24)25-14-15-10-7-6-8-11-15/h6-8,10-11,16-17H,9,12-14H2,1-5H3,(H,22,23)/t16-,17-/m0/s1. The van der Waals surface area contributed by atoms with Crippen molar-refractivity contribution >= 4 is 20.4 Å². The first-order valence-electron chi connectivity index (χ1n) is 9.41. The molecule has 1 aromatic carbocycles. The number of hydrogen-bond donors (Lipinski definition) is 1. The number of aliphatic carboxylic acids is 1. The van der Waals surface area contributed by atoms with E-state index in [9.17, 15) is 14.7 Å². The highest BCUT2D eigenvalue weighted by Gasteiger charge is 2.46. The summed E-state index contributed by atoms with van der Waals surface area (Å²) in [5.74, 6) is -1.05. The largest absolute Gasteiger partial charge is 0.480 e. The lowest BCUT2D eigenvalue weighted by atomic mass is 9.99. The summed E-state index contributed by atoms with van der Waals surface area (Å²) in [6, 6.07) is 8.33. The van der Waals surface area contributed by atoms with E-state index in [1.54, 1.807) is 0 Å². The van der Waals surface area contributed by atoms with Crippen LogP contribution in [0.1, 0.15) is 39.2 Å². The summed E-state index contributed by atoms with van der Waals surface area (Å²) in [5, 5.41) is 9.76. The molecular formula is C20H31NO5Si. The van der Waals surface area contributed by atoms with Gasteiger partial charge in [0, 0.05) is 6.54 Å². The number of nitrogens with zero attached hydrogens (tertiary/aromatic N) is 1. The van der Waals surface area contributed by atoms with E-state index in [4.69, 9.17) is 9.16 Å². The third-order valence-corrected chi connectivity index (χ3v) is 10.0. The molecule has 2 rings (SSSR count). The Bertz CT molecular complexity index is 656. The van der Waals surface area contributed by atoms with Crippen molar-refractivity contribution in [3.8, 4) is 0 Å². The molecule has 0 aliphatic carbocycles. The van der Waals surface area contributed by atoms with E-state index in [0.717, 1.165) is 5.56 Å². The first-order valence-corrected chi connectivity index (χ1v) is 12.3. The number of carbonyl (C=O) groups is 2. The van der Waals surface area contributed by atoms with E-state index >= 15 is 0 Å². The lowest BCUT2D eigenvalue weighted by Crippen LogP contribution is -2.59. The van der Waals surface area contributed by atoms with Crippen LogP contribution in [0, 0.1) is 0 Å². The number of carboxylic acid groups (broad SMARTS) is 1. The van der Waals surface area contributed by atoms with Gasteiger partial charge < -0.3 is 14.3 Å². The fraction of sp³-hybridized carbons (Fsp3) is 0.600. The van der Waals surface area contributed by atoms with Crippen LogP contribution in [0.25, 0.3) is 0 Å². The van der Waals surface area contributed by atoms with Crippen molar-refractivity contribution in [3.63, 3.8) is 0 Å². The Balaban J connectivity index is 2.11. The van der Waals surface area contributed by atoms with Gasteiger partial charge in [0.25, 0.3) is 0 Å². The molecule has 2 atom stereocenters. The van der Waals surface area contributed by atoms with Crippen LogP contribution in [-0.4, -0.2) is 49.1 Å². The minimum atomic E-state index is -2.16. The fourth-order valence-corrected chi connectivity index (χ4v) is 4.30. The van der Waals surface area contributed by atoms with Gasteiger partial charge in [0.05, 0.1) is 6.10 Å². The fourth-order valence-electron chi connectivity index (χ4n) is 2.94. The number of rotatable bonds is 5. The minimum absolute atomic E-state index is 0.0356. The summed E-state index contributed by atoms with van der Waals surface area (Å²) in [7, 11) is -2.16. The molecule has 1 aromatic rings. The lowest BCUT2D eigenvalue weighted by molar-refractivity contribution is -0.148. The summed E-state index contributed by atoms with van der Waals surface area (Å²) in [4.78, 5) is 25.9. The van der Waals surface area contributed by atoms with Crippen molar-refractivity contribution in [3.05, 3.63) is 35.9 Å². The average Bonchev–Trinajstić information content (AvgIpc) is 2.58. The van der Waals surface area contributed by atoms with Crippen LogP contribution in [0.3, 0.4) is 0 Å². The third kappa shape index (κ3) is 5.32. The number of piperidine rings is 1. The van der Waals surface area contributed by atoms with Gasteiger partial charge in [-0.2, -0.15) is 0 Å². The monoisotopic (exact) mass is 393 g/mol. The quantitative estimate of drug-likeness (QED) is 0.756. The molecule has 0 unspecified atom stereocenters. The normalized spacial score (nSPS) is 21.0. The van der Waals surface area contributed by atoms with Gasteiger partial charge in [0.15, 0.2) is 14.4 Å². The highest BCUT2D eigenvalue weighted by atomic mass is 28.4. The molecule has 1 fully saturated rings. The number of hydrogen-bond acceptors (Lipinski definition) is 4. The van der Waals surface area contributed by atoms with E-state index < -0.39 is 32.5 Å². The Kier molecular flexibility index (Phi) is 6.70. The minimum Gasteiger partial charge on any atom is -0.480 e. The van der Waals surface area contributed by atoms with E-state index in [-0.39, 0.29) is 11.6 Å². The highest BCUT2D eigenvalue weighted by molar-refractivity contribution is 6.74. The summed E-state index contributed by atoms with van der Waals surface area (Å²) in [5.41, 5.74) is 0.865. The van der Waals surface area contributed by atoms with Gasteiger partial charge in [-0.3, -0.25) is 4.90 Å². The molecule has 6 nitrogen and oxygen atoms in total. The Morgan fingerprint density at radius 2 is 1.85 bits per heavy atom. The maximum absolute atomic E-state index is 12.6. The van der Waals surface area contributed by atoms with Crippen LogP contribution in [0.4, 0.5) is 4.79 Å². The first kappa shape index (κ1) is 21.4. The predicted octanol–water partition coefficient (Wildman–Crippen LogP) is 4.26. The Morgan fingerprint density at radius 1 is 1.22 bits per heavy atom. The zero-order chi connectivity index (χ0) is 20.2. The van der Waals surface area contributed by atoms with Gasteiger partial charge in [-0.05, 0) is 36.5 Å². The highest BCUT2D eigenvalue weighted by Crippen LogP contribution is 2.39. The molecule has 1 N–H and O–H groups in total. The zero-order valence-electron chi connectivity index (χ0n) is 16.9. The number of likely N-dealkylation sites (tertiary alicyclic amines) is 1. The zero-order valence-corrected chi connectivity index (χ0v) is 17.9. The van der Waals surface area contributed by atoms with E-state index in [1.807, 2.05) is 30.3 Å². The molecule has 7 heteroatoms. The maximum atomic E-state index is 12.6. The molecule has 1 aliphatic rings. The van der Waals surface area contributed by atoms with Gasteiger partial charge in [0.2, 0.25) is 0 Å². The molecule has 1 heterocycles. The molecule has 150 valence electrons. The Hall–Kier alpha value is -1.86. The van der Waals surface area contributed by atoms with Crippen molar-refractivity contribution < 1.29 is 23.9 Å². The molecule has 0 radical (unpaired) electrons. The second-order valence-electron chi connectivity index (χ2n) is 8.58. The molecule has 27 heavy (non-hydrogen) atoms. The molecule has 0 spiro atoms. The SMILES string of the molecule is CC(C)(C)[Si](C)(C)O[C@H]1CCCN(C(=O)OCc2ccccc2)[C@@H]1C(=O)O. The van der Waals surface area contributed by atoms with Gasteiger partial charge in [-0.1, -0.05) is 51.1 Å². The number of amides is 1. The summed E-state index contributed by atoms with van der Waals surface area (Å²) in [6.07, 6.45) is 0.214. The Labute approximate surface area is 162 Å². The van der Waals surface area contributed by atoms with Crippen LogP contribution in [-0.2, 0) is 20.6 Å². The smallest absolute Gasteiger partial charge is 0.410 e. The number of ether oxygens (including phenoxy) is 1. The molecular weight excluding hydrogens is 362 g/mol. The van der Waals surface area contributed by atoms with Gasteiger partial charge in [-0.15, -0.1) is 0 Å². The molecule has 1 saturated heterocycles. The van der Waals surface area contributed by atoms with Crippen molar-refractivity contribution in [1.29, 1.82) is 0 Å². The van der Waals surface area contributed by atoms with Crippen molar-refractivity contribution in [2.24, 2.45) is 0 Å². The van der Waals surface area contributed by atoms with Crippen molar-refractivity contribution in [2.75, 3.05) is 6.54 Å². The number of carbonyl (C=O) groups excluding carboxylic acids is 1. The molecule has 0 saturated carbocycles. The number of benzene rings is 1.